The SMILES string of the molecule is OC1=C2C(c3cccs3)OCCN2CC=C1. The molecule has 1 saturated heterocycles. The summed E-state index contributed by atoms with van der Waals surface area (Å²) in [7, 11) is 0. The molecular weight excluding hydrogens is 222 g/mol. The second-order valence-corrected chi connectivity index (χ2v) is 4.86. The van der Waals surface area contributed by atoms with E-state index in [0.717, 1.165) is 23.7 Å². The van der Waals surface area contributed by atoms with Crippen LogP contribution in [0.5, 0.6) is 0 Å². The Morgan fingerprint density at radius 3 is 3.25 bits per heavy atom. The van der Waals surface area contributed by atoms with Crippen LogP contribution in [-0.4, -0.2) is 29.7 Å². The summed E-state index contributed by atoms with van der Waals surface area (Å²) in [5.74, 6) is 0.337. The lowest BCUT2D eigenvalue weighted by Crippen LogP contribution is -2.38. The molecule has 3 heterocycles. The van der Waals surface area contributed by atoms with Crippen LogP contribution in [0, 0.1) is 0 Å². The zero-order valence-electron chi connectivity index (χ0n) is 8.80. The largest absolute Gasteiger partial charge is 0.506 e. The Labute approximate surface area is 98.3 Å². The fraction of sp³-hybridized carbons (Fsp3) is 0.333. The number of fused-ring (bicyclic) bond motifs is 1. The van der Waals surface area contributed by atoms with E-state index in [9.17, 15) is 5.11 Å². The van der Waals surface area contributed by atoms with Gasteiger partial charge in [0.15, 0.2) is 0 Å². The van der Waals surface area contributed by atoms with Gasteiger partial charge in [-0.1, -0.05) is 12.1 Å². The third-order valence-electron chi connectivity index (χ3n) is 2.90. The maximum atomic E-state index is 9.95. The molecule has 16 heavy (non-hydrogen) atoms. The molecule has 0 bridgehead atoms. The van der Waals surface area contributed by atoms with Crippen LogP contribution in [0.1, 0.15) is 11.0 Å². The van der Waals surface area contributed by atoms with Crippen molar-refractivity contribution in [3.8, 4) is 0 Å². The second kappa shape index (κ2) is 3.96. The maximum absolute atomic E-state index is 9.95. The molecule has 2 aliphatic rings. The third kappa shape index (κ3) is 1.54. The van der Waals surface area contributed by atoms with E-state index in [4.69, 9.17) is 4.74 Å². The van der Waals surface area contributed by atoms with Gasteiger partial charge < -0.3 is 14.7 Å². The fourth-order valence-electron chi connectivity index (χ4n) is 2.17. The molecule has 4 heteroatoms. The predicted molar refractivity (Wildman–Crippen MR) is 63.4 cm³/mol. The summed E-state index contributed by atoms with van der Waals surface area (Å²) in [4.78, 5) is 3.34. The number of aliphatic hydroxyl groups is 1. The van der Waals surface area contributed by atoms with E-state index in [1.807, 2.05) is 17.5 Å². The standard InChI is InChI=1S/C12H13NO2S/c14-9-3-1-5-13-6-7-15-12(11(9)13)10-4-2-8-16-10/h1-4,8,12,14H,5-7H2. The number of allylic oxidation sites excluding steroid dienone is 1. The Kier molecular flexibility index (Phi) is 2.46. The lowest BCUT2D eigenvalue weighted by molar-refractivity contribution is 0.00578. The number of aliphatic hydroxyl groups excluding tert-OH is 1. The van der Waals surface area contributed by atoms with Crippen LogP contribution in [0.15, 0.2) is 41.1 Å². The molecule has 2 aliphatic heterocycles. The van der Waals surface area contributed by atoms with E-state index < -0.39 is 0 Å². The Bertz CT molecular complexity index is 436. The minimum Gasteiger partial charge on any atom is -0.506 e. The fourth-order valence-corrected chi connectivity index (χ4v) is 2.94. The number of hydrogen-bond acceptors (Lipinski definition) is 4. The quantitative estimate of drug-likeness (QED) is 0.811. The molecule has 84 valence electrons. The van der Waals surface area contributed by atoms with Crippen molar-refractivity contribution >= 4 is 11.3 Å². The molecule has 0 radical (unpaired) electrons. The van der Waals surface area contributed by atoms with Crippen molar-refractivity contribution in [2.24, 2.45) is 0 Å². The molecule has 1 N–H and O–H groups in total. The van der Waals surface area contributed by atoms with E-state index >= 15 is 0 Å². The second-order valence-electron chi connectivity index (χ2n) is 3.89. The molecule has 0 spiro atoms. The molecule has 1 fully saturated rings. The number of nitrogens with zero attached hydrogens (tertiary/aromatic N) is 1. The molecule has 1 unspecified atom stereocenters. The van der Waals surface area contributed by atoms with Crippen LogP contribution in [0.3, 0.4) is 0 Å². The molecule has 0 aliphatic carbocycles. The highest BCUT2D eigenvalue weighted by atomic mass is 32.1. The summed E-state index contributed by atoms with van der Waals surface area (Å²) < 4.78 is 5.78. The molecule has 1 atom stereocenters. The van der Waals surface area contributed by atoms with Gasteiger partial charge in [0.05, 0.1) is 12.3 Å². The topological polar surface area (TPSA) is 32.7 Å². The van der Waals surface area contributed by atoms with E-state index in [0.29, 0.717) is 12.4 Å². The Hall–Kier alpha value is -1.26. The summed E-state index contributed by atoms with van der Waals surface area (Å²) in [6.45, 7) is 2.43. The first-order chi connectivity index (χ1) is 7.86. The average Bonchev–Trinajstić information content (AvgIpc) is 2.82. The minimum absolute atomic E-state index is 0.0984. The van der Waals surface area contributed by atoms with Gasteiger partial charge in [-0.05, 0) is 17.5 Å². The van der Waals surface area contributed by atoms with Gasteiger partial charge in [0, 0.05) is 18.0 Å². The van der Waals surface area contributed by atoms with Crippen LogP contribution in [0.4, 0.5) is 0 Å². The van der Waals surface area contributed by atoms with Crippen molar-refractivity contribution in [2.45, 2.75) is 6.10 Å². The van der Waals surface area contributed by atoms with Crippen molar-refractivity contribution in [1.29, 1.82) is 0 Å². The van der Waals surface area contributed by atoms with Crippen molar-refractivity contribution in [1.82, 2.24) is 4.90 Å². The summed E-state index contributed by atoms with van der Waals surface area (Å²) >= 11 is 1.67. The number of rotatable bonds is 1. The highest BCUT2D eigenvalue weighted by Gasteiger charge is 2.31. The van der Waals surface area contributed by atoms with Gasteiger partial charge in [0.2, 0.25) is 0 Å². The van der Waals surface area contributed by atoms with E-state index in [1.165, 1.54) is 0 Å². The normalized spacial score (nSPS) is 24.8. The molecule has 1 aromatic rings. The zero-order valence-corrected chi connectivity index (χ0v) is 9.61. The predicted octanol–water partition coefficient (Wildman–Crippen LogP) is 2.46. The van der Waals surface area contributed by atoms with Crippen molar-refractivity contribution in [3.63, 3.8) is 0 Å². The van der Waals surface area contributed by atoms with Crippen LogP contribution in [-0.2, 0) is 4.74 Å². The first kappa shape index (κ1) is 9.93. The molecule has 0 saturated carbocycles. The molecule has 3 rings (SSSR count). The van der Waals surface area contributed by atoms with Crippen molar-refractivity contribution in [3.05, 3.63) is 46.0 Å². The first-order valence-electron chi connectivity index (χ1n) is 5.36. The Morgan fingerprint density at radius 2 is 2.44 bits per heavy atom. The van der Waals surface area contributed by atoms with E-state index in [2.05, 4.69) is 11.0 Å². The lowest BCUT2D eigenvalue weighted by atomic mass is 10.1. The van der Waals surface area contributed by atoms with Crippen molar-refractivity contribution in [2.75, 3.05) is 19.7 Å². The minimum atomic E-state index is -0.0984. The Balaban J connectivity index is 2.01. The average molecular weight is 235 g/mol. The highest BCUT2D eigenvalue weighted by Crippen LogP contribution is 2.36. The summed E-state index contributed by atoms with van der Waals surface area (Å²) in [6.07, 6.45) is 3.65. The Morgan fingerprint density at radius 1 is 1.50 bits per heavy atom. The van der Waals surface area contributed by atoms with Crippen LogP contribution in [0.25, 0.3) is 0 Å². The van der Waals surface area contributed by atoms with Gasteiger partial charge in [0.1, 0.15) is 11.9 Å². The van der Waals surface area contributed by atoms with E-state index in [-0.39, 0.29) is 6.10 Å². The monoisotopic (exact) mass is 235 g/mol. The summed E-state index contributed by atoms with van der Waals surface area (Å²) in [5, 5.41) is 12.0. The molecule has 0 aromatic carbocycles. The van der Waals surface area contributed by atoms with Gasteiger partial charge in [-0.3, -0.25) is 0 Å². The highest BCUT2D eigenvalue weighted by molar-refractivity contribution is 7.10. The van der Waals surface area contributed by atoms with Crippen molar-refractivity contribution < 1.29 is 9.84 Å². The lowest BCUT2D eigenvalue weighted by Gasteiger charge is -2.38. The smallest absolute Gasteiger partial charge is 0.137 e. The number of hydrogen-bond donors (Lipinski definition) is 1. The van der Waals surface area contributed by atoms with Gasteiger partial charge >= 0.3 is 0 Å². The number of morpholine rings is 1. The maximum Gasteiger partial charge on any atom is 0.137 e. The number of thiophene rings is 1. The van der Waals surface area contributed by atoms with Crippen LogP contribution in [0.2, 0.25) is 0 Å². The van der Waals surface area contributed by atoms with Gasteiger partial charge in [0.25, 0.3) is 0 Å². The number of ether oxygens (including phenoxy) is 1. The first-order valence-corrected chi connectivity index (χ1v) is 6.24. The van der Waals surface area contributed by atoms with Gasteiger partial charge in [-0.25, -0.2) is 0 Å². The van der Waals surface area contributed by atoms with E-state index in [1.54, 1.807) is 17.4 Å². The molecule has 1 aromatic heterocycles. The molecule has 0 amide bonds. The third-order valence-corrected chi connectivity index (χ3v) is 3.82. The summed E-state index contributed by atoms with van der Waals surface area (Å²) in [6, 6.07) is 4.07. The van der Waals surface area contributed by atoms with Crippen LogP contribution < -0.4 is 0 Å². The van der Waals surface area contributed by atoms with Gasteiger partial charge in [-0.15, -0.1) is 11.3 Å². The summed E-state index contributed by atoms with van der Waals surface area (Å²) in [5.41, 5.74) is 0.913. The molecular formula is C12H13NO2S. The van der Waals surface area contributed by atoms with Crippen LogP contribution >= 0.6 is 11.3 Å². The zero-order chi connectivity index (χ0) is 11.0. The molecule has 3 nitrogen and oxygen atoms in total. The van der Waals surface area contributed by atoms with Gasteiger partial charge in [-0.2, -0.15) is 0 Å².